The van der Waals surface area contributed by atoms with E-state index in [1.807, 2.05) is 27.7 Å². The van der Waals surface area contributed by atoms with Gasteiger partial charge in [-0.05, 0) is 71.9 Å². The summed E-state index contributed by atoms with van der Waals surface area (Å²) < 4.78 is 0. The van der Waals surface area contributed by atoms with Crippen molar-refractivity contribution < 1.29 is 30.0 Å². The molecule has 1 aromatic heterocycles. The van der Waals surface area contributed by atoms with Gasteiger partial charge in [-0.3, -0.25) is 9.78 Å². The molecular formula is C40H49IrN2O2-. The van der Waals surface area contributed by atoms with Gasteiger partial charge in [0.25, 0.3) is 0 Å². The van der Waals surface area contributed by atoms with E-state index in [0.717, 1.165) is 36.9 Å². The Morgan fingerprint density at radius 1 is 0.933 bits per heavy atom. The Balaban J connectivity index is 0.000000249. The van der Waals surface area contributed by atoms with Crippen LogP contribution in [-0.4, -0.2) is 20.9 Å². The molecule has 1 N–H and O–H groups in total. The van der Waals surface area contributed by atoms with Crippen LogP contribution >= 0.6 is 0 Å². The number of aliphatic hydroxyl groups excluding tert-OH is 1. The fourth-order valence-electron chi connectivity index (χ4n) is 7.36. The maximum atomic E-state index is 11.7. The summed E-state index contributed by atoms with van der Waals surface area (Å²) in [4.78, 5) is 21.2. The second-order valence-corrected chi connectivity index (χ2v) is 13.8. The molecule has 1 fully saturated rings. The van der Waals surface area contributed by atoms with E-state index in [0.29, 0.717) is 0 Å². The van der Waals surface area contributed by atoms with Crippen molar-refractivity contribution >= 4 is 27.5 Å². The number of hydrogen-bond donors (Lipinski definition) is 1. The second kappa shape index (κ2) is 14.3. The van der Waals surface area contributed by atoms with E-state index in [-0.39, 0.29) is 54.3 Å². The van der Waals surface area contributed by atoms with Gasteiger partial charge in [-0.25, -0.2) is 4.98 Å². The van der Waals surface area contributed by atoms with Gasteiger partial charge in [-0.1, -0.05) is 102 Å². The number of ketones is 1. The smallest absolute Gasteiger partial charge is 0.162 e. The van der Waals surface area contributed by atoms with Gasteiger partial charge >= 0.3 is 0 Å². The van der Waals surface area contributed by atoms with Crippen molar-refractivity contribution in [3.63, 3.8) is 0 Å². The Bertz CT molecular complexity index is 1690. The standard InChI is InChI=1S/C27H25N2.C13H24O2.Ir/c1-26(2,3)19-14-22-24-23(15-19)28-16-29-25(24)20-12-17-8-4-5-9-18(17)13-21(20)27(22)10-6-7-11-27;1-5-10(6-2)12(14)9-13(15)11(7-3)8-4;/h4-5,8-9,13-16H,6-7,10-11H2,1-3H3;9-11,14H,5-8H2,1-4H3;/q-1;;/b;12-9-;. The zero-order chi connectivity index (χ0) is 31.6. The fourth-order valence-corrected chi connectivity index (χ4v) is 7.36. The molecule has 2 aliphatic rings. The Kier molecular flexibility index (Phi) is 11.1. The van der Waals surface area contributed by atoms with E-state index in [9.17, 15) is 9.90 Å². The van der Waals surface area contributed by atoms with Crippen LogP contribution in [0.15, 0.2) is 60.6 Å². The number of carbonyl (C=O) groups is 1. The van der Waals surface area contributed by atoms with Gasteiger partial charge in [0.2, 0.25) is 0 Å². The van der Waals surface area contributed by atoms with E-state index in [2.05, 4.69) is 69.3 Å². The molecule has 1 saturated carbocycles. The molecule has 4 nitrogen and oxygen atoms in total. The van der Waals surface area contributed by atoms with Gasteiger partial charge in [0.1, 0.15) is 6.33 Å². The summed E-state index contributed by atoms with van der Waals surface area (Å²) in [6.45, 7) is 15.0. The summed E-state index contributed by atoms with van der Waals surface area (Å²) in [6.07, 6.45) is 11.6. The number of aliphatic hydroxyl groups is 1. The summed E-state index contributed by atoms with van der Waals surface area (Å²) in [7, 11) is 0. The van der Waals surface area contributed by atoms with E-state index >= 15 is 0 Å². The van der Waals surface area contributed by atoms with E-state index in [1.54, 1.807) is 6.33 Å². The number of benzene rings is 3. The van der Waals surface area contributed by atoms with Crippen molar-refractivity contribution in [2.45, 2.75) is 111 Å². The van der Waals surface area contributed by atoms with Crippen molar-refractivity contribution in [2.75, 3.05) is 0 Å². The molecule has 241 valence electrons. The van der Waals surface area contributed by atoms with Gasteiger partial charge in [-0.15, -0.1) is 23.6 Å². The fraction of sp³-hybridized carbons (Fsp3) is 0.475. The summed E-state index contributed by atoms with van der Waals surface area (Å²) in [5.74, 6) is 0.547. The van der Waals surface area contributed by atoms with Crippen molar-refractivity contribution in [1.29, 1.82) is 0 Å². The van der Waals surface area contributed by atoms with Crippen LogP contribution in [0.3, 0.4) is 0 Å². The van der Waals surface area contributed by atoms with Crippen LogP contribution in [0.5, 0.6) is 0 Å². The minimum Gasteiger partial charge on any atom is -0.512 e. The first-order valence-electron chi connectivity index (χ1n) is 16.8. The largest absolute Gasteiger partial charge is 0.512 e. The van der Waals surface area contributed by atoms with Crippen LogP contribution in [0.4, 0.5) is 0 Å². The van der Waals surface area contributed by atoms with Crippen LogP contribution in [-0.2, 0) is 35.7 Å². The van der Waals surface area contributed by atoms with Gasteiger partial charge in [0.15, 0.2) is 5.78 Å². The third kappa shape index (κ3) is 6.67. The van der Waals surface area contributed by atoms with Crippen molar-refractivity contribution in [3.8, 4) is 11.3 Å². The van der Waals surface area contributed by atoms with Gasteiger partial charge in [-0.2, -0.15) is 0 Å². The molecule has 3 aromatic carbocycles. The first kappa shape index (κ1) is 35.0. The molecule has 0 atom stereocenters. The zero-order valence-corrected chi connectivity index (χ0v) is 30.5. The number of allylic oxidation sites excluding steroid dienone is 2. The van der Waals surface area contributed by atoms with Crippen LogP contribution < -0.4 is 0 Å². The molecule has 0 aliphatic heterocycles. The average Bonchev–Trinajstić information content (AvgIpc) is 3.51. The van der Waals surface area contributed by atoms with Crippen LogP contribution in [0.1, 0.15) is 117 Å². The predicted octanol–water partition coefficient (Wildman–Crippen LogP) is 10.6. The normalized spacial score (nSPS) is 15.3. The molecule has 4 aromatic rings. The topological polar surface area (TPSA) is 63.1 Å². The first-order chi connectivity index (χ1) is 21.1. The first-order valence-corrected chi connectivity index (χ1v) is 16.8. The van der Waals surface area contributed by atoms with Crippen molar-refractivity contribution in [1.82, 2.24) is 9.97 Å². The Morgan fingerprint density at radius 3 is 2.20 bits per heavy atom. The van der Waals surface area contributed by atoms with Gasteiger partial charge in [0, 0.05) is 43.7 Å². The maximum absolute atomic E-state index is 11.7. The minimum absolute atomic E-state index is 0. The molecule has 1 spiro atoms. The summed E-state index contributed by atoms with van der Waals surface area (Å²) in [5.41, 5.74) is 7.72. The molecule has 2 aliphatic carbocycles. The number of hydrogen-bond acceptors (Lipinski definition) is 4. The third-order valence-corrected chi connectivity index (χ3v) is 10.2. The van der Waals surface area contributed by atoms with Gasteiger partial charge in [0.05, 0.1) is 11.3 Å². The van der Waals surface area contributed by atoms with E-state index in [1.165, 1.54) is 70.2 Å². The predicted molar refractivity (Wildman–Crippen MR) is 183 cm³/mol. The van der Waals surface area contributed by atoms with Crippen LogP contribution in [0.25, 0.3) is 32.9 Å². The number of fused-ring (bicyclic) bond motifs is 5. The monoisotopic (exact) mass is 782 g/mol. The van der Waals surface area contributed by atoms with Crippen LogP contribution in [0.2, 0.25) is 0 Å². The Labute approximate surface area is 283 Å². The molecule has 1 radical (unpaired) electrons. The molecule has 1 heterocycles. The van der Waals surface area contributed by atoms with Crippen molar-refractivity contribution in [3.05, 3.63) is 83.4 Å². The maximum Gasteiger partial charge on any atom is 0.162 e. The van der Waals surface area contributed by atoms with Crippen LogP contribution in [0, 0.1) is 17.9 Å². The number of carbonyl (C=O) groups excluding carboxylic acids is 1. The SMILES string of the molecule is CC(C)(C)c1cc2c3c(ncnc3c1)-c1[c-]c3ccccc3cc1C21CCCC1.CCC(CC)C(=O)/C=C(\O)C(CC)CC.[Ir]. The molecule has 0 saturated heterocycles. The molecule has 45 heavy (non-hydrogen) atoms. The number of aromatic nitrogens is 2. The molecule has 5 heteroatoms. The van der Waals surface area contributed by atoms with Crippen molar-refractivity contribution in [2.24, 2.45) is 11.8 Å². The summed E-state index contributed by atoms with van der Waals surface area (Å²) in [6, 6.07) is 19.5. The minimum atomic E-state index is 0. The molecule has 0 amide bonds. The quantitative estimate of drug-likeness (QED) is 0.115. The molecule has 6 rings (SSSR count). The molecular weight excluding hydrogens is 733 g/mol. The summed E-state index contributed by atoms with van der Waals surface area (Å²) >= 11 is 0. The number of rotatable bonds is 7. The molecule has 0 bridgehead atoms. The Hall–Kier alpha value is -2.88. The molecule has 0 unspecified atom stereocenters. The number of nitrogens with zero attached hydrogens (tertiary/aromatic N) is 2. The van der Waals surface area contributed by atoms with E-state index in [4.69, 9.17) is 9.97 Å². The third-order valence-electron chi connectivity index (χ3n) is 10.2. The van der Waals surface area contributed by atoms with E-state index < -0.39 is 0 Å². The average molecular weight is 782 g/mol. The summed E-state index contributed by atoms with van der Waals surface area (Å²) in [5, 5.41) is 13.5. The Morgan fingerprint density at radius 2 is 1.58 bits per heavy atom. The zero-order valence-electron chi connectivity index (χ0n) is 28.1. The van der Waals surface area contributed by atoms with Gasteiger partial charge < -0.3 is 5.11 Å². The second-order valence-electron chi connectivity index (χ2n) is 13.8.